The van der Waals surface area contributed by atoms with Crippen molar-refractivity contribution in [1.29, 1.82) is 0 Å². The van der Waals surface area contributed by atoms with E-state index >= 15 is 0 Å². The summed E-state index contributed by atoms with van der Waals surface area (Å²) in [5.74, 6) is -2.53. The summed E-state index contributed by atoms with van der Waals surface area (Å²) in [6.07, 6.45) is -4.65. The van der Waals surface area contributed by atoms with Crippen molar-refractivity contribution >= 4 is 11.7 Å². The second-order valence-corrected chi connectivity index (χ2v) is 3.49. The third-order valence-electron chi connectivity index (χ3n) is 2.10. The molecule has 7 nitrogen and oxygen atoms in total. The molecule has 10 heteroatoms. The number of aromatic carboxylic acids is 1. The van der Waals surface area contributed by atoms with Crippen molar-refractivity contribution in [3.05, 3.63) is 27.8 Å². The van der Waals surface area contributed by atoms with Crippen molar-refractivity contribution in [2.45, 2.75) is 6.18 Å². The van der Waals surface area contributed by atoms with Crippen LogP contribution in [0.25, 0.3) is 0 Å². The number of benzene rings is 1. The molecule has 0 bridgehead atoms. The van der Waals surface area contributed by atoms with E-state index in [4.69, 9.17) is 5.11 Å². The number of alkyl halides is 3. The van der Waals surface area contributed by atoms with Crippen molar-refractivity contribution in [3.8, 4) is 11.5 Å². The van der Waals surface area contributed by atoms with Gasteiger partial charge in [-0.3, -0.25) is 10.1 Å². The van der Waals surface area contributed by atoms with Crippen molar-refractivity contribution in [2.75, 3.05) is 13.7 Å². The van der Waals surface area contributed by atoms with Crippen LogP contribution in [-0.2, 0) is 0 Å². The van der Waals surface area contributed by atoms with Crippen LogP contribution in [0.2, 0.25) is 0 Å². The largest absolute Gasteiger partial charge is 0.493 e. The summed E-state index contributed by atoms with van der Waals surface area (Å²) in [5.41, 5.74) is -1.61. The summed E-state index contributed by atoms with van der Waals surface area (Å²) < 4.78 is 45.2. The van der Waals surface area contributed by atoms with Crippen molar-refractivity contribution in [2.24, 2.45) is 0 Å². The molecule has 0 unspecified atom stereocenters. The van der Waals surface area contributed by atoms with Crippen LogP contribution in [0.3, 0.4) is 0 Å². The Bertz CT molecular complexity index is 543. The first kappa shape index (κ1) is 15.5. The van der Waals surface area contributed by atoms with Gasteiger partial charge in [-0.1, -0.05) is 0 Å². The Kier molecular flexibility index (Phi) is 4.38. The van der Waals surface area contributed by atoms with E-state index in [0.29, 0.717) is 6.07 Å². The standard InChI is InChI=1S/C10H8F3NO6/c1-19-7-2-5(9(15)16)6(14(17)18)3-8(7)20-4-10(11,12)13/h2-3H,4H2,1H3,(H,15,16). The predicted molar refractivity (Wildman–Crippen MR) is 58.2 cm³/mol. The number of nitro groups is 1. The van der Waals surface area contributed by atoms with E-state index < -0.39 is 40.7 Å². The van der Waals surface area contributed by atoms with Crippen LogP contribution in [0, 0.1) is 10.1 Å². The highest BCUT2D eigenvalue weighted by molar-refractivity contribution is 5.93. The first-order valence-electron chi connectivity index (χ1n) is 4.95. The highest BCUT2D eigenvalue weighted by atomic mass is 19.4. The maximum absolute atomic E-state index is 12.0. The summed E-state index contributed by atoms with van der Waals surface area (Å²) in [4.78, 5) is 20.5. The Balaban J connectivity index is 3.27. The molecule has 0 aliphatic carbocycles. The molecule has 110 valence electrons. The molecule has 1 rings (SSSR count). The minimum absolute atomic E-state index is 0.350. The lowest BCUT2D eigenvalue weighted by Crippen LogP contribution is -2.19. The monoisotopic (exact) mass is 295 g/mol. The predicted octanol–water partition coefficient (Wildman–Crippen LogP) is 2.24. The quantitative estimate of drug-likeness (QED) is 0.660. The minimum Gasteiger partial charge on any atom is -0.493 e. The average Bonchev–Trinajstić information content (AvgIpc) is 2.33. The lowest BCUT2D eigenvalue weighted by atomic mass is 10.1. The van der Waals surface area contributed by atoms with Crippen LogP contribution in [0.4, 0.5) is 18.9 Å². The lowest BCUT2D eigenvalue weighted by molar-refractivity contribution is -0.385. The molecule has 0 fully saturated rings. The number of nitrogens with zero attached hydrogens (tertiary/aromatic N) is 1. The van der Waals surface area contributed by atoms with Crippen LogP contribution in [0.5, 0.6) is 11.5 Å². The molecule has 1 aromatic carbocycles. The van der Waals surface area contributed by atoms with Gasteiger partial charge in [0.05, 0.1) is 18.1 Å². The molecular weight excluding hydrogens is 287 g/mol. The molecule has 1 aromatic rings. The van der Waals surface area contributed by atoms with Gasteiger partial charge >= 0.3 is 12.1 Å². The van der Waals surface area contributed by atoms with Gasteiger partial charge in [-0.15, -0.1) is 0 Å². The second-order valence-electron chi connectivity index (χ2n) is 3.49. The summed E-state index contributed by atoms with van der Waals surface area (Å²) in [7, 11) is 1.06. The molecule has 1 N–H and O–H groups in total. The van der Waals surface area contributed by atoms with Gasteiger partial charge in [0.25, 0.3) is 5.69 Å². The topological polar surface area (TPSA) is 98.9 Å². The van der Waals surface area contributed by atoms with E-state index in [1.165, 1.54) is 0 Å². The highest BCUT2D eigenvalue weighted by Gasteiger charge is 2.30. The Morgan fingerprint density at radius 1 is 1.40 bits per heavy atom. The summed E-state index contributed by atoms with van der Waals surface area (Å²) in [6.45, 7) is -1.69. The minimum atomic E-state index is -4.65. The van der Waals surface area contributed by atoms with E-state index in [9.17, 15) is 28.1 Å². The van der Waals surface area contributed by atoms with Crippen molar-refractivity contribution in [1.82, 2.24) is 0 Å². The number of hydrogen-bond acceptors (Lipinski definition) is 5. The average molecular weight is 295 g/mol. The summed E-state index contributed by atoms with van der Waals surface area (Å²) in [5, 5.41) is 19.5. The third kappa shape index (κ3) is 3.73. The second kappa shape index (κ2) is 5.63. The molecule has 0 saturated carbocycles. The fraction of sp³-hybridized carbons (Fsp3) is 0.300. The number of nitro benzene ring substituents is 1. The summed E-state index contributed by atoms with van der Waals surface area (Å²) >= 11 is 0. The highest BCUT2D eigenvalue weighted by Crippen LogP contribution is 2.35. The molecular formula is C10H8F3NO6. The third-order valence-corrected chi connectivity index (χ3v) is 2.10. The van der Waals surface area contributed by atoms with Crippen LogP contribution < -0.4 is 9.47 Å². The zero-order valence-corrected chi connectivity index (χ0v) is 9.93. The molecule has 0 aromatic heterocycles. The van der Waals surface area contributed by atoms with Gasteiger partial charge in [0.15, 0.2) is 18.1 Å². The van der Waals surface area contributed by atoms with Crippen LogP contribution >= 0.6 is 0 Å². The van der Waals surface area contributed by atoms with E-state index in [-0.39, 0.29) is 5.75 Å². The van der Waals surface area contributed by atoms with Gasteiger partial charge in [0, 0.05) is 6.07 Å². The van der Waals surface area contributed by atoms with Crippen molar-refractivity contribution < 1.29 is 37.5 Å². The molecule has 0 atom stereocenters. The van der Waals surface area contributed by atoms with E-state index in [1.54, 1.807) is 0 Å². The molecule has 0 aliphatic rings. The molecule has 0 heterocycles. The summed E-state index contributed by atoms with van der Waals surface area (Å²) in [6, 6.07) is 1.31. The molecule has 0 saturated heterocycles. The Morgan fingerprint density at radius 2 is 2.00 bits per heavy atom. The van der Waals surface area contributed by atoms with Gasteiger partial charge < -0.3 is 14.6 Å². The molecule has 0 aliphatic heterocycles. The van der Waals surface area contributed by atoms with Gasteiger partial charge in [-0.25, -0.2) is 4.79 Å². The first-order chi connectivity index (χ1) is 9.15. The SMILES string of the molecule is COc1cc(C(=O)O)c([N+](=O)[O-])cc1OCC(F)(F)F. The number of rotatable bonds is 5. The number of carboxylic acids is 1. The Labute approximate surface area is 109 Å². The van der Waals surface area contributed by atoms with Crippen LogP contribution in [0.15, 0.2) is 12.1 Å². The Hall–Kier alpha value is -2.52. The number of halogens is 3. The van der Waals surface area contributed by atoms with E-state index in [1.807, 2.05) is 0 Å². The van der Waals surface area contributed by atoms with E-state index in [0.717, 1.165) is 13.2 Å². The normalized spacial score (nSPS) is 11.0. The number of hydrogen-bond donors (Lipinski definition) is 1. The zero-order valence-electron chi connectivity index (χ0n) is 9.93. The lowest BCUT2D eigenvalue weighted by Gasteiger charge is -2.13. The molecule has 0 spiro atoms. The van der Waals surface area contributed by atoms with Crippen LogP contribution in [0.1, 0.15) is 10.4 Å². The zero-order chi connectivity index (χ0) is 15.5. The van der Waals surface area contributed by atoms with Gasteiger partial charge in [-0.2, -0.15) is 13.2 Å². The molecule has 0 amide bonds. The van der Waals surface area contributed by atoms with Gasteiger partial charge in [-0.05, 0) is 0 Å². The van der Waals surface area contributed by atoms with Gasteiger partial charge in [0.2, 0.25) is 0 Å². The number of methoxy groups -OCH3 is 1. The molecule has 20 heavy (non-hydrogen) atoms. The fourth-order valence-electron chi connectivity index (χ4n) is 1.30. The number of ether oxygens (including phenoxy) is 2. The Morgan fingerprint density at radius 3 is 2.40 bits per heavy atom. The maximum atomic E-state index is 12.0. The maximum Gasteiger partial charge on any atom is 0.422 e. The van der Waals surface area contributed by atoms with Crippen LogP contribution in [-0.4, -0.2) is 35.9 Å². The number of carbonyl (C=O) groups is 1. The van der Waals surface area contributed by atoms with Crippen molar-refractivity contribution in [3.63, 3.8) is 0 Å². The first-order valence-corrected chi connectivity index (χ1v) is 4.95. The fourth-order valence-corrected chi connectivity index (χ4v) is 1.30. The van der Waals surface area contributed by atoms with Gasteiger partial charge in [0.1, 0.15) is 5.56 Å². The number of carboxylic acid groups (broad SMARTS) is 1. The molecule has 0 radical (unpaired) electrons. The smallest absolute Gasteiger partial charge is 0.422 e. The van der Waals surface area contributed by atoms with E-state index in [2.05, 4.69) is 9.47 Å².